The molecule has 0 spiro atoms. The summed E-state index contributed by atoms with van der Waals surface area (Å²) in [6.45, 7) is 6.24. The van der Waals surface area contributed by atoms with Gasteiger partial charge in [-0.3, -0.25) is 19.5 Å². The summed E-state index contributed by atoms with van der Waals surface area (Å²) in [6, 6.07) is 14.8. The van der Waals surface area contributed by atoms with Gasteiger partial charge in [0, 0.05) is 35.8 Å². The lowest BCUT2D eigenvalue weighted by Crippen LogP contribution is -2.38. The molecule has 0 unspecified atom stereocenters. The minimum atomic E-state index is -0.314. The molecule has 2 amide bonds. The number of hydrogen-bond acceptors (Lipinski definition) is 4. The van der Waals surface area contributed by atoms with Crippen LogP contribution in [0.4, 0.5) is 5.95 Å². The molecule has 1 aromatic heterocycles. The van der Waals surface area contributed by atoms with Crippen molar-refractivity contribution >= 4 is 29.4 Å². The van der Waals surface area contributed by atoms with E-state index in [4.69, 9.17) is 16.3 Å². The Bertz CT molecular complexity index is 1110. The first-order chi connectivity index (χ1) is 15.8. The first-order valence-electron chi connectivity index (χ1n) is 10.9. The summed E-state index contributed by atoms with van der Waals surface area (Å²) in [5.74, 6) is 0.907. The Hall–Kier alpha value is -3.32. The second-order valence-electron chi connectivity index (χ2n) is 8.08. The fraction of sp³-hybridized carbons (Fsp3) is 0.320. The van der Waals surface area contributed by atoms with E-state index in [0.717, 1.165) is 11.3 Å². The van der Waals surface area contributed by atoms with Gasteiger partial charge < -0.3 is 9.64 Å². The number of likely N-dealkylation sites (N-methyl/N-ethyl adjacent to an activating group) is 1. The van der Waals surface area contributed by atoms with Gasteiger partial charge >= 0.3 is 0 Å². The lowest BCUT2D eigenvalue weighted by atomic mass is 10.1. The molecule has 3 rings (SSSR count). The van der Waals surface area contributed by atoms with Gasteiger partial charge in [-0.2, -0.15) is 0 Å². The van der Waals surface area contributed by atoms with Crippen molar-refractivity contribution in [3.63, 3.8) is 0 Å². The van der Waals surface area contributed by atoms with Crippen molar-refractivity contribution in [3.8, 4) is 22.7 Å². The second kappa shape index (κ2) is 11.0. The van der Waals surface area contributed by atoms with E-state index in [0.29, 0.717) is 35.4 Å². The Kier molecular flexibility index (Phi) is 8.11. The molecule has 174 valence electrons. The molecule has 8 heteroatoms. The normalized spacial score (nSPS) is 10.8. The van der Waals surface area contributed by atoms with Gasteiger partial charge in [-0.15, -0.1) is 0 Å². The molecular weight excluding hydrogens is 440 g/mol. The van der Waals surface area contributed by atoms with Gasteiger partial charge in [-0.1, -0.05) is 43.6 Å². The van der Waals surface area contributed by atoms with Crippen LogP contribution in [0.2, 0.25) is 5.02 Å². The molecule has 7 nitrogen and oxygen atoms in total. The molecule has 1 N–H and O–H groups in total. The molecule has 3 aromatic rings. The van der Waals surface area contributed by atoms with Crippen LogP contribution in [0.15, 0.2) is 54.7 Å². The van der Waals surface area contributed by atoms with Crippen LogP contribution in [0.5, 0.6) is 5.75 Å². The average molecular weight is 469 g/mol. The van der Waals surface area contributed by atoms with Crippen molar-refractivity contribution in [1.82, 2.24) is 14.5 Å². The number of amides is 2. The quantitative estimate of drug-likeness (QED) is 0.477. The van der Waals surface area contributed by atoms with Gasteiger partial charge in [0.25, 0.3) is 0 Å². The van der Waals surface area contributed by atoms with Crippen LogP contribution in [0.3, 0.4) is 0 Å². The molecule has 0 aliphatic carbocycles. The Labute approximate surface area is 199 Å². The molecule has 0 saturated carbocycles. The highest BCUT2D eigenvalue weighted by atomic mass is 35.5. The number of nitrogens with one attached hydrogen (secondary N) is 1. The van der Waals surface area contributed by atoms with Crippen LogP contribution in [-0.4, -0.2) is 46.5 Å². The van der Waals surface area contributed by atoms with Crippen LogP contribution in [0.1, 0.15) is 27.2 Å². The molecule has 0 bridgehead atoms. The number of carbonyl (C=O) groups excluding carboxylic acids is 2. The van der Waals surface area contributed by atoms with Crippen molar-refractivity contribution in [2.24, 2.45) is 5.92 Å². The summed E-state index contributed by atoms with van der Waals surface area (Å²) < 4.78 is 7.14. The minimum Gasteiger partial charge on any atom is -0.497 e. The summed E-state index contributed by atoms with van der Waals surface area (Å²) in [5, 5.41) is 3.50. The summed E-state index contributed by atoms with van der Waals surface area (Å²) in [5.41, 5.74) is 2.31. The Morgan fingerprint density at radius 3 is 2.55 bits per heavy atom. The third kappa shape index (κ3) is 6.35. The fourth-order valence-corrected chi connectivity index (χ4v) is 3.50. The largest absolute Gasteiger partial charge is 0.497 e. The highest BCUT2D eigenvalue weighted by molar-refractivity contribution is 6.30. The number of halogens is 1. The zero-order chi connectivity index (χ0) is 24.0. The van der Waals surface area contributed by atoms with Crippen LogP contribution < -0.4 is 10.1 Å². The molecule has 2 aromatic carbocycles. The van der Waals surface area contributed by atoms with Crippen molar-refractivity contribution in [3.05, 3.63) is 59.8 Å². The van der Waals surface area contributed by atoms with E-state index in [1.165, 1.54) is 0 Å². The number of imidazole rings is 1. The number of hydrogen-bond donors (Lipinski definition) is 1. The van der Waals surface area contributed by atoms with Gasteiger partial charge in [-0.05, 0) is 37.1 Å². The van der Waals surface area contributed by atoms with E-state index in [-0.39, 0.29) is 24.3 Å². The maximum atomic E-state index is 12.9. The smallest absolute Gasteiger partial charge is 0.246 e. The maximum absolute atomic E-state index is 12.9. The Balaban J connectivity index is 1.91. The lowest BCUT2D eigenvalue weighted by molar-refractivity contribution is -0.135. The topological polar surface area (TPSA) is 76.5 Å². The molecule has 0 fully saturated rings. The predicted molar refractivity (Wildman–Crippen MR) is 131 cm³/mol. The molecule has 0 atom stereocenters. The minimum absolute atomic E-state index is 0.0384. The zero-order valence-electron chi connectivity index (χ0n) is 19.3. The first kappa shape index (κ1) is 24.3. The average Bonchev–Trinajstić information content (AvgIpc) is 3.21. The SMILES string of the molecule is CCN(CC(=O)Nc1nc(-c2ccc(Cl)cc2)cn1-c1cccc(OC)c1)C(=O)CC(C)C. The number of nitrogens with zero attached hydrogens (tertiary/aromatic N) is 3. The van der Waals surface area contributed by atoms with Crippen LogP contribution in [0.25, 0.3) is 16.9 Å². The number of methoxy groups -OCH3 is 1. The molecular formula is C25H29ClN4O3. The van der Waals surface area contributed by atoms with Gasteiger partial charge in [0.15, 0.2) is 0 Å². The third-order valence-corrected chi connectivity index (χ3v) is 5.33. The van der Waals surface area contributed by atoms with E-state index < -0.39 is 0 Å². The van der Waals surface area contributed by atoms with E-state index in [2.05, 4.69) is 10.3 Å². The summed E-state index contributed by atoms with van der Waals surface area (Å²) in [4.78, 5) is 31.5. The van der Waals surface area contributed by atoms with E-state index >= 15 is 0 Å². The molecule has 0 aliphatic rings. The summed E-state index contributed by atoms with van der Waals surface area (Å²) >= 11 is 6.02. The standard InChI is InChI=1S/C25H29ClN4O3/c1-5-29(24(32)13-17(2)3)16-23(31)28-25-27-22(18-9-11-19(26)12-10-18)15-30(25)20-7-6-8-21(14-20)33-4/h6-12,14-15,17H,5,13,16H2,1-4H3,(H,27,28,31). The van der Waals surface area contributed by atoms with Gasteiger partial charge in [-0.25, -0.2) is 4.98 Å². The Morgan fingerprint density at radius 1 is 1.18 bits per heavy atom. The number of aromatic nitrogens is 2. The van der Waals surface area contributed by atoms with Gasteiger partial charge in [0.2, 0.25) is 17.8 Å². The lowest BCUT2D eigenvalue weighted by Gasteiger charge is -2.21. The number of anilines is 1. The highest BCUT2D eigenvalue weighted by Crippen LogP contribution is 2.27. The molecule has 0 radical (unpaired) electrons. The number of carbonyl (C=O) groups is 2. The van der Waals surface area contributed by atoms with Crippen molar-refractivity contribution < 1.29 is 14.3 Å². The second-order valence-corrected chi connectivity index (χ2v) is 8.52. The number of benzene rings is 2. The van der Waals surface area contributed by atoms with Crippen LogP contribution in [-0.2, 0) is 9.59 Å². The van der Waals surface area contributed by atoms with Gasteiger partial charge in [0.05, 0.1) is 25.0 Å². The first-order valence-corrected chi connectivity index (χ1v) is 11.3. The van der Waals surface area contributed by atoms with E-state index in [1.807, 2.05) is 63.4 Å². The van der Waals surface area contributed by atoms with Crippen LogP contribution in [0, 0.1) is 5.92 Å². The molecule has 0 saturated heterocycles. The maximum Gasteiger partial charge on any atom is 0.246 e. The monoisotopic (exact) mass is 468 g/mol. The van der Waals surface area contributed by atoms with Crippen LogP contribution >= 0.6 is 11.6 Å². The van der Waals surface area contributed by atoms with Gasteiger partial charge in [0.1, 0.15) is 5.75 Å². The highest BCUT2D eigenvalue weighted by Gasteiger charge is 2.19. The summed E-state index contributed by atoms with van der Waals surface area (Å²) in [6.07, 6.45) is 2.25. The molecule has 33 heavy (non-hydrogen) atoms. The van der Waals surface area contributed by atoms with Crippen molar-refractivity contribution in [1.29, 1.82) is 0 Å². The van der Waals surface area contributed by atoms with E-state index in [9.17, 15) is 9.59 Å². The number of ether oxygens (including phenoxy) is 1. The van der Waals surface area contributed by atoms with Crippen molar-refractivity contribution in [2.75, 3.05) is 25.5 Å². The zero-order valence-corrected chi connectivity index (χ0v) is 20.1. The summed E-state index contributed by atoms with van der Waals surface area (Å²) in [7, 11) is 1.60. The fourth-order valence-electron chi connectivity index (χ4n) is 3.38. The van der Waals surface area contributed by atoms with E-state index in [1.54, 1.807) is 28.7 Å². The van der Waals surface area contributed by atoms with Crippen molar-refractivity contribution in [2.45, 2.75) is 27.2 Å². The predicted octanol–water partition coefficient (Wildman–Crippen LogP) is 5.03. The Morgan fingerprint density at radius 2 is 1.91 bits per heavy atom. The molecule has 1 heterocycles. The molecule has 0 aliphatic heterocycles. The number of rotatable bonds is 9. The third-order valence-electron chi connectivity index (χ3n) is 5.08.